The third-order valence-corrected chi connectivity index (χ3v) is 2.53. The Hall–Kier alpha value is -1.97. The summed E-state index contributed by atoms with van der Waals surface area (Å²) < 4.78 is 24.1. The largest absolute Gasteiger partial charge is 0.347 e. The molecule has 0 radical (unpaired) electrons. The molecule has 2 nitrogen and oxygen atoms in total. The lowest BCUT2D eigenvalue weighted by atomic mass is 10.0. The number of halogens is 2. The summed E-state index contributed by atoms with van der Waals surface area (Å²) >= 11 is 0. The van der Waals surface area contributed by atoms with Crippen LogP contribution in [0.15, 0.2) is 42.5 Å². The number of carbonyl (C=O) groups is 1. The molecule has 2 aromatic rings. The Morgan fingerprint density at radius 2 is 1.82 bits per heavy atom. The quantitative estimate of drug-likeness (QED) is 0.870. The van der Waals surface area contributed by atoms with E-state index in [4.69, 9.17) is 0 Å². The highest BCUT2D eigenvalue weighted by atomic mass is 19.3. The Bertz CT molecular complexity index is 534. The van der Waals surface area contributed by atoms with Gasteiger partial charge in [0.2, 0.25) is 0 Å². The Balaban J connectivity index is 2.21. The molecule has 0 bridgehead atoms. The van der Waals surface area contributed by atoms with Gasteiger partial charge in [-0.05, 0) is 16.3 Å². The molecular weight excluding hydrogens is 224 g/mol. The second kappa shape index (κ2) is 4.91. The molecule has 1 N–H and O–H groups in total. The highest BCUT2D eigenvalue weighted by molar-refractivity contribution is 5.86. The monoisotopic (exact) mass is 235 g/mol. The minimum absolute atomic E-state index is 0.116. The number of fused-ring (bicyclic) bond motifs is 1. The van der Waals surface area contributed by atoms with Crippen LogP contribution in [0.1, 0.15) is 5.56 Å². The molecule has 0 unspecified atom stereocenters. The molecule has 0 saturated carbocycles. The summed E-state index contributed by atoms with van der Waals surface area (Å²) in [5.41, 5.74) is 0.831. The van der Waals surface area contributed by atoms with E-state index in [2.05, 4.69) is 5.32 Å². The number of amides is 1. The zero-order chi connectivity index (χ0) is 12.3. The maximum Gasteiger partial charge on any atom is 0.315 e. The summed E-state index contributed by atoms with van der Waals surface area (Å²) in [4.78, 5) is 10.8. The molecule has 88 valence electrons. The average Bonchev–Trinajstić information content (AvgIpc) is 2.35. The number of nitrogens with one attached hydrogen (secondary N) is 1. The van der Waals surface area contributed by atoms with Gasteiger partial charge < -0.3 is 5.32 Å². The van der Waals surface area contributed by atoms with Crippen LogP contribution in [0.5, 0.6) is 0 Å². The molecule has 0 aliphatic rings. The van der Waals surface area contributed by atoms with Gasteiger partial charge in [-0.2, -0.15) is 8.78 Å². The minimum Gasteiger partial charge on any atom is -0.347 e. The van der Waals surface area contributed by atoms with Gasteiger partial charge >= 0.3 is 6.43 Å². The Labute approximate surface area is 97.3 Å². The van der Waals surface area contributed by atoms with Gasteiger partial charge in [0.1, 0.15) is 0 Å². The molecule has 0 atom stereocenters. The first kappa shape index (κ1) is 11.5. The number of benzene rings is 2. The number of alkyl halides is 2. The summed E-state index contributed by atoms with van der Waals surface area (Å²) in [5, 5.41) is 4.19. The smallest absolute Gasteiger partial charge is 0.315 e. The van der Waals surface area contributed by atoms with Crippen molar-refractivity contribution >= 4 is 16.7 Å². The fourth-order valence-electron chi connectivity index (χ4n) is 1.71. The Morgan fingerprint density at radius 3 is 2.59 bits per heavy atom. The molecule has 17 heavy (non-hydrogen) atoms. The molecule has 4 heteroatoms. The number of hydrogen-bond acceptors (Lipinski definition) is 1. The van der Waals surface area contributed by atoms with E-state index in [9.17, 15) is 13.6 Å². The maximum atomic E-state index is 12.0. The third-order valence-electron chi connectivity index (χ3n) is 2.53. The van der Waals surface area contributed by atoms with Crippen LogP contribution in [-0.4, -0.2) is 12.3 Å². The van der Waals surface area contributed by atoms with Crippen LogP contribution in [0.3, 0.4) is 0 Å². The van der Waals surface area contributed by atoms with Gasteiger partial charge in [-0.15, -0.1) is 0 Å². The SMILES string of the molecule is O=C(NCc1cccc2ccccc12)C(F)F. The van der Waals surface area contributed by atoms with E-state index in [1.807, 2.05) is 42.5 Å². The van der Waals surface area contributed by atoms with Crippen LogP contribution in [-0.2, 0) is 11.3 Å². The van der Waals surface area contributed by atoms with Crippen LogP contribution in [0.4, 0.5) is 8.78 Å². The predicted molar refractivity (Wildman–Crippen MR) is 61.8 cm³/mol. The molecule has 0 fully saturated rings. The van der Waals surface area contributed by atoms with Crippen molar-refractivity contribution in [1.82, 2.24) is 5.32 Å². The molecule has 1 amide bonds. The number of rotatable bonds is 3. The topological polar surface area (TPSA) is 29.1 Å². The summed E-state index contributed by atoms with van der Waals surface area (Å²) in [5.74, 6) is -1.24. The van der Waals surface area contributed by atoms with Crippen molar-refractivity contribution in [2.24, 2.45) is 0 Å². The second-order valence-corrected chi connectivity index (χ2v) is 3.66. The fourth-order valence-corrected chi connectivity index (χ4v) is 1.71. The van der Waals surface area contributed by atoms with Crippen molar-refractivity contribution in [2.45, 2.75) is 13.0 Å². The Kier molecular flexibility index (Phi) is 3.32. The zero-order valence-electron chi connectivity index (χ0n) is 8.99. The van der Waals surface area contributed by atoms with E-state index in [0.717, 1.165) is 16.3 Å². The Morgan fingerprint density at radius 1 is 1.12 bits per heavy atom. The van der Waals surface area contributed by atoms with Crippen molar-refractivity contribution in [3.05, 3.63) is 48.0 Å². The predicted octanol–water partition coefficient (Wildman–Crippen LogP) is 2.72. The lowest BCUT2D eigenvalue weighted by molar-refractivity contribution is -0.131. The first-order valence-corrected chi connectivity index (χ1v) is 5.21. The molecule has 0 spiro atoms. The summed E-state index contributed by atoms with van der Waals surface area (Å²) in [6, 6.07) is 13.2. The molecular formula is C13H11F2NO. The van der Waals surface area contributed by atoms with E-state index in [-0.39, 0.29) is 6.54 Å². The van der Waals surface area contributed by atoms with Crippen LogP contribution in [0.2, 0.25) is 0 Å². The summed E-state index contributed by atoms with van der Waals surface area (Å²) in [6.07, 6.45) is -2.97. The fraction of sp³-hybridized carbons (Fsp3) is 0.154. The molecule has 0 aliphatic heterocycles. The van der Waals surface area contributed by atoms with Gasteiger partial charge in [-0.1, -0.05) is 42.5 Å². The molecule has 0 saturated heterocycles. The number of hydrogen-bond donors (Lipinski definition) is 1. The highest BCUT2D eigenvalue weighted by Crippen LogP contribution is 2.18. The van der Waals surface area contributed by atoms with E-state index in [0.29, 0.717) is 0 Å². The van der Waals surface area contributed by atoms with E-state index in [1.54, 1.807) is 0 Å². The maximum absolute atomic E-state index is 12.0. The lowest BCUT2D eigenvalue weighted by Crippen LogP contribution is -2.28. The van der Waals surface area contributed by atoms with Gasteiger partial charge in [-0.3, -0.25) is 4.79 Å². The van der Waals surface area contributed by atoms with Crippen molar-refractivity contribution in [2.75, 3.05) is 0 Å². The molecule has 0 heterocycles. The van der Waals surface area contributed by atoms with E-state index in [1.165, 1.54) is 0 Å². The van der Waals surface area contributed by atoms with Crippen molar-refractivity contribution < 1.29 is 13.6 Å². The molecule has 2 aromatic carbocycles. The van der Waals surface area contributed by atoms with E-state index < -0.39 is 12.3 Å². The first-order chi connectivity index (χ1) is 8.18. The van der Waals surface area contributed by atoms with Crippen molar-refractivity contribution in [3.63, 3.8) is 0 Å². The summed E-state index contributed by atoms with van der Waals surface area (Å²) in [7, 11) is 0. The van der Waals surface area contributed by atoms with Crippen LogP contribution >= 0.6 is 0 Å². The normalized spacial score (nSPS) is 10.8. The first-order valence-electron chi connectivity index (χ1n) is 5.21. The van der Waals surface area contributed by atoms with Crippen LogP contribution in [0, 0.1) is 0 Å². The number of carbonyl (C=O) groups excluding carboxylic acids is 1. The van der Waals surface area contributed by atoms with Crippen molar-refractivity contribution in [1.29, 1.82) is 0 Å². The van der Waals surface area contributed by atoms with Crippen molar-refractivity contribution in [3.8, 4) is 0 Å². The third kappa shape index (κ3) is 2.58. The standard InChI is InChI=1S/C13H11F2NO/c14-12(15)13(17)16-8-10-6-3-5-9-4-1-2-7-11(9)10/h1-7,12H,8H2,(H,16,17). The molecule has 0 aromatic heterocycles. The van der Waals surface area contributed by atoms with Gasteiger partial charge in [0.05, 0.1) is 0 Å². The van der Waals surface area contributed by atoms with Gasteiger partial charge in [0.25, 0.3) is 5.91 Å². The van der Waals surface area contributed by atoms with Crippen LogP contribution < -0.4 is 5.32 Å². The molecule has 0 aliphatic carbocycles. The molecule has 2 rings (SSSR count). The summed E-state index contributed by atoms with van der Waals surface area (Å²) in [6.45, 7) is 0.116. The average molecular weight is 235 g/mol. The highest BCUT2D eigenvalue weighted by Gasteiger charge is 2.14. The minimum atomic E-state index is -2.97. The van der Waals surface area contributed by atoms with Gasteiger partial charge in [-0.25, -0.2) is 0 Å². The van der Waals surface area contributed by atoms with E-state index >= 15 is 0 Å². The van der Waals surface area contributed by atoms with Gasteiger partial charge in [0, 0.05) is 6.54 Å². The second-order valence-electron chi connectivity index (χ2n) is 3.66. The van der Waals surface area contributed by atoms with Gasteiger partial charge in [0.15, 0.2) is 0 Å². The van der Waals surface area contributed by atoms with Crippen LogP contribution in [0.25, 0.3) is 10.8 Å². The zero-order valence-corrected chi connectivity index (χ0v) is 8.99. The lowest BCUT2D eigenvalue weighted by Gasteiger charge is -2.07.